The van der Waals surface area contributed by atoms with Crippen LogP contribution in [0.3, 0.4) is 0 Å². The van der Waals surface area contributed by atoms with Crippen molar-refractivity contribution in [3.63, 3.8) is 0 Å². The number of aliphatic hydroxyl groups excluding tert-OH is 2. The number of benzene rings is 2. The van der Waals surface area contributed by atoms with Crippen LogP contribution in [0.15, 0.2) is 68.8 Å². The molecule has 0 spiro atoms. The van der Waals surface area contributed by atoms with Gasteiger partial charge in [0.2, 0.25) is 0 Å². The van der Waals surface area contributed by atoms with Crippen LogP contribution in [0.2, 0.25) is 0 Å². The van der Waals surface area contributed by atoms with Gasteiger partial charge < -0.3 is 28.9 Å². The highest BCUT2D eigenvalue weighted by molar-refractivity contribution is 7.62. The molecule has 6 rings (SSSR count). The van der Waals surface area contributed by atoms with E-state index in [2.05, 4.69) is 5.16 Å². The highest BCUT2D eigenvalue weighted by Gasteiger charge is 2.47. The van der Waals surface area contributed by atoms with Gasteiger partial charge in [0, 0.05) is 23.2 Å². The molecule has 0 saturated carbocycles. The minimum atomic E-state index is -5.14. The fourth-order valence-corrected chi connectivity index (χ4v) is 7.46. The number of phosphoric ester groups is 2. The van der Waals surface area contributed by atoms with Crippen LogP contribution >= 0.6 is 15.6 Å². The maximum atomic E-state index is 13.3. The van der Waals surface area contributed by atoms with Gasteiger partial charge in [0.15, 0.2) is 11.8 Å². The van der Waals surface area contributed by atoms with Gasteiger partial charge in [-0.05, 0) is 24.6 Å². The Labute approximate surface area is 241 Å². The molecule has 43 heavy (non-hydrogen) atoms. The SMILES string of the molecule is Cc1cccc2c1OP(=O)(OP(=O)(O)OC[C@H]1O[C@@H](n3ccc(=O)n(Cc4noc5ccccc45)c3=O)[C@@H](O)[C@H]1O)OC2. The second kappa shape index (κ2) is 11.2. The standard InChI is InChI=1S/C25H25N3O13P2/c1-14-5-4-6-15-12-37-43(35,40-23(14)15)41-42(33,34)36-13-19-21(30)22(31)24(38-19)27-10-9-20(29)28(25(27)32)11-17-16-7-2-3-8-18(16)39-26-17/h2-10,19,21-22,24,30-31H,11-13H2,1H3,(H,33,34)/t19-,21+,22+,24-,43?/m1/s1. The fourth-order valence-electron chi connectivity index (χ4n) is 4.77. The summed E-state index contributed by atoms with van der Waals surface area (Å²) in [6.07, 6.45) is -5.31. The largest absolute Gasteiger partial charge is 0.539 e. The molecular weight excluding hydrogens is 612 g/mol. The molecule has 0 aliphatic carbocycles. The molecule has 2 aromatic carbocycles. The number of phosphoric acid groups is 2. The predicted molar refractivity (Wildman–Crippen MR) is 145 cm³/mol. The number of rotatable bonds is 8. The second-order valence-corrected chi connectivity index (χ2v) is 13.0. The lowest BCUT2D eigenvalue weighted by Gasteiger charge is -2.27. The first kappa shape index (κ1) is 29.6. The van der Waals surface area contributed by atoms with Gasteiger partial charge >= 0.3 is 21.3 Å². The maximum absolute atomic E-state index is 13.3. The summed E-state index contributed by atoms with van der Waals surface area (Å²) < 4.78 is 58.1. The van der Waals surface area contributed by atoms with Crippen molar-refractivity contribution in [1.29, 1.82) is 0 Å². The van der Waals surface area contributed by atoms with Crippen LogP contribution in [0.5, 0.6) is 5.75 Å². The van der Waals surface area contributed by atoms with Crippen molar-refractivity contribution < 1.29 is 51.4 Å². The summed E-state index contributed by atoms with van der Waals surface area (Å²) in [7, 11) is -9.72. The molecule has 4 heterocycles. The molecular formula is C25H25N3O13P2. The van der Waals surface area contributed by atoms with E-state index in [1.165, 1.54) is 0 Å². The number of hydrogen-bond donors (Lipinski definition) is 3. The van der Waals surface area contributed by atoms with Gasteiger partial charge in [-0.3, -0.25) is 23.0 Å². The van der Waals surface area contributed by atoms with Crippen molar-refractivity contribution in [2.24, 2.45) is 0 Å². The first-order chi connectivity index (χ1) is 20.4. The molecule has 18 heteroatoms. The summed E-state index contributed by atoms with van der Waals surface area (Å²) in [5, 5.41) is 25.7. The Morgan fingerprint density at radius 1 is 1.12 bits per heavy atom. The number of fused-ring (bicyclic) bond motifs is 2. The Morgan fingerprint density at radius 3 is 2.72 bits per heavy atom. The second-order valence-electron chi connectivity index (χ2n) is 9.82. The Bertz CT molecular complexity index is 1900. The third-order valence-electron chi connectivity index (χ3n) is 6.95. The normalized spacial score (nSPS) is 26.6. The average Bonchev–Trinajstić information content (AvgIpc) is 3.50. The van der Waals surface area contributed by atoms with E-state index in [1.807, 2.05) is 0 Å². The van der Waals surface area contributed by atoms with Crippen molar-refractivity contribution >= 4 is 26.6 Å². The van der Waals surface area contributed by atoms with Crippen LogP contribution in [-0.2, 0) is 40.4 Å². The van der Waals surface area contributed by atoms with E-state index < -0.39 is 58.0 Å². The smallest absolute Gasteiger partial charge is 0.403 e. The van der Waals surface area contributed by atoms with Crippen molar-refractivity contribution in [3.8, 4) is 5.75 Å². The lowest BCUT2D eigenvalue weighted by molar-refractivity contribution is -0.0548. The zero-order chi connectivity index (χ0) is 30.5. The molecule has 2 unspecified atom stereocenters. The van der Waals surface area contributed by atoms with Crippen LogP contribution in [0.25, 0.3) is 11.0 Å². The number of para-hydroxylation sites is 2. The molecule has 3 N–H and O–H groups in total. The fraction of sp³-hybridized carbons (Fsp3) is 0.320. The highest BCUT2D eigenvalue weighted by atomic mass is 31.3. The molecule has 16 nitrogen and oxygen atoms in total. The maximum Gasteiger partial charge on any atom is 0.539 e. The third kappa shape index (κ3) is 5.77. The zero-order valence-electron chi connectivity index (χ0n) is 22.3. The van der Waals surface area contributed by atoms with E-state index >= 15 is 0 Å². The minimum absolute atomic E-state index is 0.182. The van der Waals surface area contributed by atoms with Gasteiger partial charge in [0.25, 0.3) is 5.56 Å². The van der Waals surface area contributed by atoms with Crippen molar-refractivity contribution in [2.45, 2.75) is 44.6 Å². The summed E-state index contributed by atoms with van der Waals surface area (Å²) >= 11 is 0. The van der Waals surface area contributed by atoms with Gasteiger partial charge in [0.05, 0.1) is 19.8 Å². The lowest BCUT2D eigenvalue weighted by Crippen LogP contribution is -2.43. The number of aliphatic hydroxyl groups is 2. The monoisotopic (exact) mass is 637 g/mol. The summed E-state index contributed by atoms with van der Waals surface area (Å²) in [6, 6.07) is 13.0. The van der Waals surface area contributed by atoms with Crippen LogP contribution in [-0.4, -0.2) is 54.3 Å². The molecule has 1 fully saturated rings. The van der Waals surface area contributed by atoms with Crippen molar-refractivity contribution in [1.82, 2.24) is 14.3 Å². The molecule has 0 bridgehead atoms. The van der Waals surface area contributed by atoms with Gasteiger partial charge in [-0.1, -0.05) is 35.5 Å². The zero-order valence-corrected chi connectivity index (χ0v) is 24.1. The number of nitrogens with zero attached hydrogens (tertiary/aromatic N) is 3. The number of aromatic nitrogens is 3. The minimum Gasteiger partial charge on any atom is -0.403 e. The van der Waals surface area contributed by atoms with Crippen LogP contribution in [0.1, 0.15) is 23.0 Å². The number of aryl methyl sites for hydroxylation is 1. The average molecular weight is 637 g/mol. The van der Waals surface area contributed by atoms with E-state index in [1.54, 1.807) is 49.4 Å². The molecule has 2 aliphatic heterocycles. The molecule has 0 radical (unpaired) electrons. The molecule has 1 saturated heterocycles. The van der Waals surface area contributed by atoms with Crippen LogP contribution in [0, 0.1) is 6.92 Å². The molecule has 228 valence electrons. The van der Waals surface area contributed by atoms with Gasteiger partial charge in [-0.2, -0.15) is 4.31 Å². The van der Waals surface area contributed by atoms with Gasteiger partial charge in [-0.25, -0.2) is 13.9 Å². The lowest BCUT2D eigenvalue weighted by atomic mass is 10.1. The predicted octanol–water partition coefficient (Wildman–Crippen LogP) is 1.98. The first-order valence-corrected chi connectivity index (χ1v) is 15.8. The molecule has 2 aliphatic rings. The Balaban J connectivity index is 1.15. The first-order valence-electron chi connectivity index (χ1n) is 12.8. The summed E-state index contributed by atoms with van der Waals surface area (Å²) in [4.78, 5) is 36.1. The van der Waals surface area contributed by atoms with E-state index in [9.17, 15) is 33.8 Å². The Morgan fingerprint density at radius 2 is 1.91 bits per heavy atom. The van der Waals surface area contributed by atoms with E-state index in [-0.39, 0.29) is 18.9 Å². The van der Waals surface area contributed by atoms with Crippen molar-refractivity contribution in [2.75, 3.05) is 6.61 Å². The molecule has 4 aromatic rings. The highest BCUT2D eigenvalue weighted by Crippen LogP contribution is 2.65. The third-order valence-corrected chi connectivity index (χ3v) is 9.90. The van der Waals surface area contributed by atoms with Gasteiger partial charge in [-0.15, -0.1) is 0 Å². The summed E-state index contributed by atoms with van der Waals surface area (Å²) in [5.74, 6) is 0.182. The van der Waals surface area contributed by atoms with Crippen molar-refractivity contribution in [3.05, 3.63) is 92.4 Å². The van der Waals surface area contributed by atoms with Crippen LogP contribution in [0.4, 0.5) is 0 Å². The summed E-state index contributed by atoms with van der Waals surface area (Å²) in [6.45, 7) is 0.373. The van der Waals surface area contributed by atoms with Crippen LogP contribution < -0.4 is 15.8 Å². The Kier molecular flexibility index (Phi) is 7.75. The molecule has 0 amide bonds. The van der Waals surface area contributed by atoms with E-state index in [0.29, 0.717) is 27.8 Å². The van der Waals surface area contributed by atoms with E-state index in [4.69, 9.17) is 27.1 Å². The summed E-state index contributed by atoms with van der Waals surface area (Å²) in [5.41, 5.74) is 0.361. The van der Waals surface area contributed by atoms with E-state index in [0.717, 1.165) is 21.4 Å². The molecule has 2 aromatic heterocycles. The van der Waals surface area contributed by atoms with Gasteiger partial charge in [0.1, 0.15) is 29.8 Å². The number of hydrogen-bond acceptors (Lipinski definition) is 13. The number of ether oxygens (including phenoxy) is 1. The molecule has 6 atom stereocenters. The quantitative estimate of drug-likeness (QED) is 0.236. The topological polar surface area (TPSA) is 211 Å². The Hall–Kier alpha value is -3.43.